The fourth-order valence-electron chi connectivity index (χ4n) is 4.00. The highest BCUT2D eigenvalue weighted by Crippen LogP contribution is 2.42. The minimum Gasteiger partial charge on any atom is -0.339 e. The number of benzene rings is 2. The molecule has 0 saturated heterocycles. The van der Waals surface area contributed by atoms with Crippen molar-refractivity contribution in [1.82, 2.24) is 19.3 Å². The first-order valence-electron chi connectivity index (χ1n) is 9.96. The van der Waals surface area contributed by atoms with Gasteiger partial charge in [-0.1, -0.05) is 18.2 Å². The molecule has 2 aromatic heterocycles. The molecule has 0 saturated carbocycles. The molecule has 0 aliphatic carbocycles. The van der Waals surface area contributed by atoms with E-state index in [0.29, 0.717) is 11.5 Å². The summed E-state index contributed by atoms with van der Waals surface area (Å²) in [5.41, 5.74) is 3.14. The van der Waals surface area contributed by atoms with Crippen molar-refractivity contribution in [3.05, 3.63) is 83.9 Å². The number of para-hydroxylation sites is 1. The van der Waals surface area contributed by atoms with Gasteiger partial charge in [0.2, 0.25) is 0 Å². The summed E-state index contributed by atoms with van der Waals surface area (Å²) in [5, 5.41) is 4.27. The molecule has 0 unspecified atom stereocenters. The van der Waals surface area contributed by atoms with Crippen molar-refractivity contribution < 1.29 is 13.0 Å². The van der Waals surface area contributed by atoms with Crippen LogP contribution in [0.25, 0.3) is 10.9 Å². The Hall–Kier alpha value is -3.30. The van der Waals surface area contributed by atoms with Gasteiger partial charge in [0.1, 0.15) is 23.8 Å². The Labute approximate surface area is 183 Å². The van der Waals surface area contributed by atoms with Crippen molar-refractivity contribution in [2.24, 2.45) is 0 Å². The van der Waals surface area contributed by atoms with Crippen LogP contribution in [0.1, 0.15) is 11.3 Å². The number of rotatable bonds is 4. The second-order valence-corrected chi connectivity index (χ2v) is 12.8. The summed E-state index contributed by atoms with van der Waals surface area (Å²) < 4.78 is 43.8. The predicted molar refractivity (Wildman–Crippen MR) is 121 cm³/mol. The summed E-state index contributed by atoms with van der Waals surface area (Å²) >= 11 is 0. The maximum atomic E-state index is 14.6. The molecule has 5 rings (SSSR count). The molecule has 3 heterocycles. The Morgan fingerprint density at radius 3 is 2.62 bits per heavy atom. The molecule has 9 heteroatoms. The van der Waals surface area contributed by atoms with Crippen molar-refractivity contribution in [3.8, 4) is 0 Å². The predicted octanol–water partition coefficient (Wildman–Crippen LogP) is 4.42. The van der Waals surface area contributed by atoms with E-state index in [1.165, 1.54) is 24.9 Å². The second kappa shape index (κ2) is 7.11. The topological polar surface area (TPSA) is 71.0 Å². The molecule has 4 aromatic rings. The largest absolute Gasteiger partial charge is 0.339 e. The monoisotopic (exact) mass is 453 g/mol. The number of halogens is 2. The zero-order chi connectivity index (χ0) is 22.5. The second-order valence-electron chi connectivity index (χ2n) is 8.33. The summed E-state index contributed by atoms with van der Waals surface area (Å²) in [6, 6.07) is 12.9. The number of aromatic nitrogens is 3. The van der Waals surface area contributed by atoms with Crippen LogP contribution in [0.5, 0.6) is 0 Å². The lowest BCUT2D eigenvalue weighted by molar-refractivity contribution is 0.443. The van der Waals surface area contributed by atoms with E-state index in [0.717, 1.165) is 34.3 Å². The molecule has 2 aromatic carbocycles. The molecular formula is C23H21F2N5OS. The van der Waals surface area contributed by atoms with Crippen LogP contribution in [0, 0.1) is 11.6 Å². The summed E-state index contributed by atoms with van der Waals surface area (Å²) in [6.45, 7) is 0.520. The van der Waals surface area contributed by atoms with Gasteiger partial charge in [0.25, 0.3) is 0 Å². The van der Waals surface area contributed by atoms with Crippen LogP contribution in [0.2, 0.25) is 0 Å². The van der Waals surface area contributed by atoms with Crippen LogP contribution in [0.15, 0.2) is 66.0 Å². The Kier molecular flexibility index (Phi) is 4.58. The number of fused-ring (bicyclic) bond motifs is 2. The molecule has 6 nitrogen and oxygen atoms in total. The number of hydrogen-bond donors (Lipinski definition) is 1. The highest BCUT2D eigenvalue weighted by molar-refractivity contribution is 8.16. The maximum absolute atomic E-state index is 14.6. The molecule has 0 atom stereocenters. The number of nitrogens with one attached hydrogen (secondary N) is 1. The molecule has 164 valence electrons. The third-order valence-electron chi connectivity index (χ3n) is 5.82. The van der Waals surface area contributed by atoms with Crippen LogP contribution in [0.4, 0.5) is 20.3 Å². The third-order valence-corrected chi connectivity index (χ3v) is 9.17. The standard InChI is InChI=1S/C23H21F2N5OS/c1-32(2,31,22-8-7-16(24)10-19(22)25)30-12-18-21(13-30)27-14-28-23(18)29-17-9-15-5-3-4-6-20(15)26-11-17/h3-11,14H,12-13H2,1-2H3,(H,27,28,29). The van der Waals surface area contributed by atoms with Gasteiger partial charge in [-0.3, -0.25) is 9.19 Å². The summed E-state index contributed by atoms with van der Waals surface area (Å²) in [6.07, 6.45) is 6.18. The minimum atomic E-state index is -3.82. The van der Waals surface area contributed by atoms with Gasteiger partial charge in [0.15, 0.2) is 0 Å². The molecule has 1 N–H and O–H groups in total. The molecule has 1 aliphatic heterocycles. The van der Waals surface area contributed by atoms with Crippen molar-refractivity contribution in [1.29, 1.82) is 0 Å². The molecule has 0 fully saturated rings. The maximum Gasteiger partial charge on any atom is 0.141 e. The van der Waals surface area contributed by atoms with Crippen LogP contribution in [-0.4, -0.2) is 36.0 Å². The highest BCUT2D eigenvalue weighted by atomic mass is 32.3. The van der Waals surface area contributed by atoms with E-state index < -0.39 is 20.9 Å². The van der Waals surface area contributed by atoms with Gasteiger partial charge in [-0.25, -0.2) is 23.1 Å². The lowest BCUT2D eigenvalue weighted by atomic mass is 10.2. The van der Waals surface area contributed by atoms with Crippen molar-refractivity contribution in [2.45, 2.75) is 18.0 Å². The molecule has 0 spiro atoms. The Morgan fingerprint density at radius 1 is 1.00 bits per heavy atom. The van der Waals surface area contributed by atoms with Gasteiger partial charge >= 0.3 is 0 Å². The SMILES string of the molecule is CS(C)(=O)(c1ccc(F)cc1F)N1Cc2ncnc(Nc3cnc4ccccc4c3)c2C1. The first kappa shape index (κ1) is 20.6. The average molecular weight is 454 g/mol. The smallest absolute Gasteiger partial charge is 0.141 e. The number of pyridine rings is 1. The molecule has 32 heavy (non-hydrogen) atoms. The fraction of sp³-hybridized carbons (Fsp3) is 0.174. The third kappa shape index (κ3) is 3.43. The zero-order valence-electron chi connectivity index (χ0n) is 17.5. The van der Waals surface area contributed by atoms with Crippen molar-refractivity contribution in [2.75, 3.05) is 17.8 Å². The normalized spacial score (nSPS) is 15.3. The minimum absolute atomic E-state index is 0.0163. The Balaban J connectivity index is 1.48. The van der Waals surface area contributed by atoms with E-state index in [2.05, 4.69) is 20.3 Å². The summed E-state index contributed by atoms with van der Waals surface area (Å²) in [4.78, 5) is 13.2. The quantitative estimate of drug-likeness (QED) is 0.496. The van der Waals surface area contributed by atoms with E-state index >= 15 is 0 Å². The highest BCUT2D eigenvalue weighted by Gasteiger charge is 2.42. The van der Waals surface area contributed by atoms with Crippen molar-refractivity contribution >= 4 is 31.7 Å². The van der Waals surface area contributed by atoms with Crippen LogP contribution >= 0.6 is 0 Å². The van der Waals surface area contributed by atoms with Gasteiger partial charge < -0.3 is 5.32 Å². The number of nitrogens with zero attached hydrogens (tertiary/aromatic N) is 4. The lowest BCUT2D eigenvalue weighted by Crippen LogP contribution is -2.46. The van der Waals surface area contributed by atoms with E-state index in [9.17, 15) is 13.0 Å². The number of hydrogen-bond acceptors (Lipinski definition) is 5. The summed E-state index contributed by atoms with van der Waals surface area (Å²) in [5.74, 6) is -0.952. The Morgan fingerprint density at radius 2 is 1.81 bits per heavy atom. The van der Waals surface area contributed by atoms with Crippen LogP contribution in [0.3, 0.4) is 0 Å². The molecule has 0 bridgehead atoms. The molecule has 0 radical (unpaired) electrons. The van der Waals surface area contributed by atoms with E-state index in [1.54, 1.807) is 10.5 Å². The van der Waals surface area contributed by atoms with Gasteiger partial charge in [-0.15, -0.1) is 0 Å². The van der Waals surface area contributed by atoms with Gasteiger partial charge in [-0.2, -0.15) is 0 Å². The first-order valence-corrected chi connectivity index (χ1v) is 12.7. The van der Waals surface area contributed by atoms with Gasteiger partial charge in [0.05, 0.1) is 34.5 Å². The average Bonchev–Trinajstić information content (AvgIpc) is 3.20. The van der Waals surface area contributed by atoms with Crippen LogP contribution < -0.4 is 5.32 Å². The molecular weight excluding hydrogens is 432 g/mol. The molecule has 1 aliphatic rings. The van der Waals surface area contributed by atoms with E-state index in [1.807, 2.05) is 30.3 Å². The summed E-state index contributed by atoms with van der Waals surface area (Å²) in [7, 11) is -3.82. The van der Waals surface area contributed by atoms with E-state index in [4.69, 9.17) is 0 Å². The van der Waals surface area contributed by atoms with Crippen molar-refractivity contribution in [3.63, 3.8) is 0 Å². The van der Waals surface area contributed by atoms with Crippen LogP contribution in [-0.2, 0) is 22.3 Å². The fourth-order valence-corrected chi connectivity index (χ4v) is 6.35. The zero-order valence-corrected chi connectivity index (χ0v) is 18.4. The Bertz CT molecular complexity index is 1440. The first-order chi connectivity index (χ1) is 15.2. The number of anilines is 2. The van der Waals surface area contributed by atoms with Gasteiger partial charge in [0, 0.05) is 36.1 Å². The molecule has 0 amide bonds. The van der Waals surface area contributed by atoms with Gasteiger partial charge in [-0.05, 0) is 33.5 Å². The lowest BCUT2D eigenvalue weighted by Gasteiger charge is -2.43. The van der Waals surface area contributed by atoms with E-state index in [-0.39, 0.29) is 18.0 Å².